The first-order valence-corrected chi connectivity index (χ1v) is 8.46. The average molecular weight is 307 g/mol. The molecule has 1 aliphatic carbocycles. The molecule has 2 rings (SSSR count). The molecule has 0 aromatic carbocycles. The number of hydrogen-bond acceptors (Lipinski definition) is 6. The lowest BCUT2D eigenvalue weighted by Gasteiger charge is -2.32. The number of aliphatic hydroxyl groups is 1. The summed E-state index contributed by atoms with van der Waals surface area (Å²) in [5.41, 5.74) is 0. The standard InChI is InChI=1S/C11H15ClN2O4S/c12-19(16,17)7-8-6-9(15)2-3-10(8)18-11-13-4-1-5-14-11/h1,4-5,8-10,15H,2-3,6-7H2/t8?,9-,10+/m0/s1. The SMILES string of the molecule is O=S(=O)(Cl)CC1C[C@@H](O)CC[C@H]1Oc1ncccn1. The highest BCUT2D eigenvalue weighted by atomic mass is 35.7. The maximum absolute atomic E-state index is 11.2. The van der Waals surface area contributed by atoms with Crippen molar-refractivity contribution in [3.05, 3.63) is 18.5 Å². The minimum Gasteiger partial charge on any atom is -0.460 e. The molecule has 1 fully saturated rings. The molecule has 0 aliphatic heterocycles. The zero-order chi connectivity index (χ0) is 13.9. The van der Waals surface area contributed by atoms with Gasteiger partial charge in [-0.1, -0.05) is 0 Å². The maximum Gasteiger partial charge on any atom is 0.316 e. The summed E-state index contributed by atoms with van der Waals surface area (Å²) in [6.45, 7) is 0. The first-order chi connectivity index (χ1) is 8.94. The van der Waals surface area contributed by atoms with Gasteiger partial charge in [0, 0.05) is 29.0 Å². The first-order valence-electron chi connectivity index (χ1n) is 5.98. The van der Waals surface area contributed by atoms with Gasteiger partial charge in [0.2, 0.25) is 9.05 Å². The molecule has 8 heteroatoms. The summed E-state index contributed by atoms with van der Waals surface area (Å²) in [4.78, 5) is 7.89. The molecule has 0 amide bonds. The van der Waals surface area contributed by atoms with E-state index in [0.29, 0.717) is 19.3 Å². The maximum atomic E-state index is 11.2. The van der Waals surface area contributed by atoms with Crippen molar-refractivity contribution in [1.29, 1.82) is 0 Å². The van der Waals surface area contributed by atoms with Gasteiger partial charge in [-0.15, -0.1) is 0 Å². The molecule has 0 bridgehead atoms. The van der Waals surface area contributed by atoms with Gasteiger partial charge in [-0.05, 0) is 25.3 Å². The summed E-state index contributed by atoms with van der Waals surface area (Å²) in [6, 6.07) is 1.87. The van der Waals surface area contributed by atoms with Crippen LogP contribution >= 0.6 is 10.7 Å². The second-order valence-electron chi connectivity index (χ2n) is 4.62. The number of rotatable bonds is 4. The largest absolute Gasteiger partial charge is 0.460 e. The van der Waals surface area contributed by atoms with Gasteiger partial charge in [0.25, 0.3) is 0 Å². The Hall–Kier alpha value is -0.920. The van der Waals surface area contributed by atoms with Crippen molar-refractivity contribution in [1.82, 2.24) is 9.97 Å². The minimum absolute atomic E-state index is 0.209. The van der Waals surface area contributed by atoms with Crippen LogP contribution in [0.4, 0.5) is 0 Å². The Morgan fingerprint density at radius 1 is 1.37 bits per heavy atom. The quantitative estimate of drug-likeness (QED) is 0.833. The van der Waals surface area contributed by atoms with Gasteiger partial charge in [0.05, 0.1) is 11.9 Å². The highest BCUT2D eigenvalue weighted by Gasteiger charge is 2.34. The molecule has 0 spiro atoms. The third kappa shape index (κ3) is 4.59. The Morgan fingerprint density at radius 3 is 2.68 bits per heavy atom. The van der Waals surface area contributed by atoms with Crippen molar-refractivity contribution < 1.29 is 18.3 Å². The molecule has 1 aromatic rings. The fraction of sp³-hybridized carbons (Fsp3) is 0.636. The summed E-state index contributed by atoms with van der Waals surface area (Å²) >= 11 is 0. The number of aromatic nitrogens is 2. The average Bonchev–Trinajstić information content (AvgIpc) is 2.32. The highest BCUT2D eigenvalue weighted by molar-refractivity contribution is 8.13. The number of aliphatic hydroxyl groups excluding tert-OH is 1. The van der Waals surface area contributed by atoms with E-state index in [0.717, 1.165) is 0 Å². The molecule has 3 atom stereocenters. The third-order valence-electron chi connectivity index (χ3n) is 3.10. The predicted molar refractivity (Wildman–Crippen MR) is 69.4 cm³/mol. The molecule has 0 radical (unpaired) electrons. The van der Waals surface area contributed by atoms with Crippen LogP contribution in [0.2, 0.25) is 0 Å². The van der Waals surface area contributed by atoms with Crippen LogP contribution in [0.15, 0.2) is 18.5 Å². The monoisotopic (exact) mass is 306 g/mol. The molecule has 0 saturated heterocycles. The van der Waals surface area contributed by atoms with Crippen molar-refractivity contribution in [3.63, 3.8) is 0 Å². The fourth-order valence-corrected chi connectivity index (χ4v) is 3.63. The van der Waals surface area contributed by atoms with Gasteiger partial charge in [-0.2, -0.15) is 0 Å². The molecule has 1 unspecified atom stereocenters. The first kappa shape index (κ1) is 14.5. The summed E-state index contributed by atoms with van der Waals surface area (Å²) in [7, 11) is 1.65. The topological polar surface area (TPSA) is 89.4 Å². The van der Waals surface area contributed by atoms with Crippen molar-refractivity contribution in [3.8, 4) is 6.01 Å². The van der Waals surface area contributed by atoms with E-state index >= 15 is 0 Å². The van der Waals surface area contributed by atoms with Crippen LogP contribution in [0.25, 0.3) is 0 Å². The molecule has 6 nitrogen and oxygen atoms in total. The Kier molecular flexibility index (Phi) is 4.59. The molecule has 1 saturated carbocycles. The van der Waals surface area contributed by atoms with Gasteiger partial charge in [0.1, 0.15) is 6.10 Å². The normalized spacial score (nSPS) is 28.0. The van der Waals surface area contributed by atoms with E-state index in [-0.39, 0.29) is 23.8 Å². The summed E-state index contributed by atoms with van der Waals surface area (Å²) in [6.07, 6.45) is 3.70. The second-order valence-corrected chi connectivity index (χ2v) is 7.44. The lowest BCUT2D eigenvalue weighted by molar-refractivity contribution is 0.0245. The minimum atomic E-state index is -3.63. The Morgan fingerprint density at radius 2 is 2.05 bits per heavy atom. The predicted octanol–water partition coefficient (Wildman–Crippen LogP) is 0.954. The molecule has 1 N–H and O–H groups in total. The Labute approximate surface area is 116 Å². The van der Waals surface area contributed by atoms with Crippen LogP contribution in [0.5, 0.6) is 6.01 Å². The number of hydrogen-bond donors (Lipinski definition) is 1. The van der Waals surface area contributed by atoms with Gasteiger partial charge in [-0.3, -0.25) is 0 Å². The van der Waals surface area contributed by atoms with E-state index in [1.165, 1.54) is 0 Å². The molecular weight excluding hydrogens is 292 g/mol. The molecule has 106 valence electrons. The van der Waals surface area contributed by atoms with E-state index in [4.69, 9.17) is 15.4 Å². The molecule has 1 aliphatic rings. The third-order valence-corrected chi connectivity index (χ3v) is 4.30. The van der Waals surface area contributed by atoms with Crippen LogP contribution in [-0.2, 0) is 9.05 Å². The Bertz CT molecular complexity index is 511. The highest BCUT2D eigenvalue weighted by Crippen LogP contribution is 2.29. The van der Waals surface area contributed by atoms with Crippen LogP contribution in [0, 0.1) is 5.92 Å². The van der Waals surface area contributed by atoms with Gasteiger partial charge >= 0.3 is 6.01 Å². The number of halogens is 1. The van der Waals surface area contributed by atoms with Crippen LogP contribution in [0.3, 0.4) is 0 Å². The van der Waals surface area contributed by atoms with Crippen molar-refractivity contribution >= 4 is 19.7 Å². The van der Waals surface area contributed by atoms with Gasteiger partial charge in [-0.25, -0.2) is 18.4 Å². The molecule has 1 heterocycles. The van der Waals surface area contributed by atoms with Crippen molar-refractivity contribution in [2.24, 2.45) is 5.92 Å². The number of nitrogens with zero attached hydrogens (tertiary/aromatic N) is 2. The van der Waals surface area contributed by atoms with Crippen molar-refractivity contribution in [2.75, 3.05) is 5.75 Å². The zero-order valence-electron chi connectivity index (χ0n) is 10.1. The molecule has 19 heavy (non-hydrogen) atoms. The summed E-state index contributed by atoms with van der Waals surface area (Å²) < 4.78 is 28.0. The van der Waals surface area contributed by atoms with Gasteiger partial charge in [0.15, 0.2) is 0 Å². The smallest absolute Gasteiger partial charge is 0.316 e. The molecule has 1 aromatic heterocycles. The summed E-state index contributed by atoms with van der Waals surface area (Å²) in [5, 5.41) is 9.64. The van der Waals surface area contributed by atoms with Crippen LogP contribution < -0.4 is 4.74 Å². The van der Waals surface area contributed by atoms with Crippen LogP contribution in [-0.4, -0.2) is 41.5 Å². The van der Waals surface area contributed by atoms with E-state index in [1.807, 2.05) is 0 Å². The second kappa shape index (κ2) is 6.02. The molecular formula is C11H15ClN2O4S. The lowest BCUT2D eigenvalue weighted by Crippen LogP contribution is -2.39. The summed E-state index contributed by atoms with van der Waals surface area (Å²) in [5.74, 6) is -0.571. The van der Waals surface area contributed by atoms with Crippen molar-refractivity contribution in [2.45, 2.75) is 31.5 Å². The Balaban J connectivity index is 2.07. The van der Waals surface area contributed by atoms with Gasteiger partial charge < -0.3 is 9.84 Å². The van der Waals surface area contributed by atoms with E-state index in [2.05, 4.69) is 9.97 Å². The number of ether oxygens (including phenoxy) is 1. The van der Waals surface area contributed by atoms with E-state index in [1.54, 1.807) is 18.5 Å². The van der Waals surface area contributed by atoms with Crippen LogP contribution in [0.1, 0.15) is 19.3 Å². The lowest BCUT2D eigenvalue weighted by atomic mass is 9.86. The fourth-order valence-electron chi connectivity index (χ4n) is 2.28. The van der Waals surface area contributed by atoms with E-state index < -0.39 is 15.2 Å². The van der Waals surface area contributed by atoms with E-state index in [9.17, 15) is 13.5 Å². The zero-order valence-corrected chi connectivity index (χ0v) is 11.7.